The molecule has 0 bridgehead atoms. The highest BCUT2D eigenvalue weighted by atomic mass is 32.1. The Morgan fingerprint density at radius 1 is 1.14 bits per heavy atom. The number of carbonyl (C=O) groups excluding carboxylic acids is 3. The number of Topliss-reactive ketones (excluding diaryl/α,β-unsaturated/α-hetero) is 1. The molecule has 0 radical (unpaired) electrons. The Kier molecular flexibility index (Phi) is 8.22. The van der Waals surface area contributed by atoms with E-state index in [1.54, 1.807) is 43.3 Å². The highest BCUT2D eigenvalue weighted by Crippen LogP contribution is 2.46. The standard InChI is InChI=1S/C31H32N2O8S/c1-6-12-40-22-11-8-18(15-23(22)39-7-2)25-24(26(34)19-9-10-21-20(14-19)13-16(3)41-21)27(35)29(36)33(25)31-32-17(4)28(42-31)30(37)38-5/h8-11,14-16,25,34H,6-7,12-13H2,1-5H3/b26-24-. The lowest BCUT2D eigenvalue weighted by atomic mass is 9.94. The van der Waals surface area contributed by atoms with Crippen LogP contribution >= 0.6 is 11.3 Å². The van der Waals surface area contributed by atoms with E-state index in [9.17, 15) is 19.5 Å². The van der Waals surface area contributed by atoms with Crippen LogP contribution in [0.5, 0.6) is 17.2 Å². The Balaban J connectivity index is 1.69. The van der Waals surface area contributed by atoms with Crippen LogP contribution < -0.4 is 19.1 Å². The first-order chi connectivity index (χ1) is 20.2. The van der Waals surface area contributed by atoms with E-state index in [-0.39, 0.29) is 27.4 Å². The minimum Gasteiger partial charge on any atom is -0.507 e. The third-order valence-electron chi connectivity index (χ3n) is 7.02. The molecule has 1 fully saturated rings. The van der Waals surface area contributed by atoms with Gasteiger partial charge in [0, 0.05) is 12.0 Å². The average molecular weight is 593 g/mol. The molecular weight excluding hydrogens is 560 g/mol. The van der Waals surface area contributed by atoms with Gasteiger partial charge in [0.1, 0.15) is 22.5 Å². The van der Waals surface area contributed by atoms with Crippen LogP contribution in [0.3, 0.4) is 0 Å². The summed E-state index contributed by atoms with van der Waals surface area (Å²) in [6, 6.07) is 9.26. The van der Waals surface area contributed by atoms with Gasteiger partial charge in [-0.1, -0.05) is 24.3 Å². The summed E-state index contributed by atoms with van der Waals surface area (Å²) in [5, 5.41) is 11.7. The highest BCUT2D eigenvalue weighted by Gasteiger charge is 2.48. The van der Waals surface area contributed by atoms with Gasteiger partial charge < -0.3 is 24.1 Å². The molecule has 3 heterocycles. The van der Waals surface area contributed by atoms with Crippen molar-refractivity contribution in [2.24, 2.45) is 0 Å². The number of nitrogens with zero attached hydrogens (tertiary/aromatic N) is 2. The van der Waals surface area contributed by atoms with Crippen LogP contribution in [0.1, 0.15) is 65.3 Å². The molecule has 1 amide bonds. The number of hydrogen-bond donors (Lipinski definition) is 1. The Bertz CT molecular complexity index is 1590. The Hall–Kier alpha value is -4.38. The zero-order chi connectivity index (χ0) is 30.1. The second-order valence-corrected chi connectivity index (χ2v) is 11.0. The summed E-state index contributed by atoms with van der Waals surface area (Å²) in [6.45, 7) is 8.25. The molecule has 1 N–H and O–H groups in total. The van der Waals surface area contributed by atoms with E-state index in [2.05, 4.69) is 4.98 Å². The Morgan fingerprint density at radius 3 is 2.64 bits per heavy atom. The van der Waals surface area contributed by atoms with Gasteiger partial charge in [0.2, 0.25) is 0 Å². The van der Waals surface area contributed by atoms with Gasteiger partial charge in [0.05, 0.1) is 37.6 Å². The second kappa shape index (κ2) is 11.8. The van der Waals surface area contributed by atoms with Gasteiger partial charge >= 0.3 is 11.9 Å². The zero-order valence-electron chi connectivity index (χ0n) is 24.1. The van der Waals surface area contributed by atoms with Crippen LogP contribution in [0.25, 0.3) is 5.76 Å². The van der Waals surface area contributed by atoms with Gasteiger partial charge in [0.15, 0.2) is 16.6 Å². The first-order valence-corrected chi connectivity index (χ1v) is 14.6. The summed E-state index contributed by atoms with van der Waals surface area (Å²) in [5.74, 6) is -1.01. The van der Waals surface area contributed by atoms with Gasteiger partial charge in [-0.05, 0) is 68.7 Å². The Labute approximate surface area is 247 Å². The number of esters is 1. The van der Waals surface area contributed by atoms with Crippen molar-refractivity contribution >= 4 is 39.9 Å². The molecule has 1 aromatic heterocycles. The molecule has 0 saturated carbocycles. The third kappa shape index (κ3) is 5.20. The molecule has 220 valence electrons. The first kappa shape index (κ1) is 29.1. The normalized spacial score (nSPS) is 19.0. The molecule has 3 aromatic rings. The Morgan fingerprint density at radius 2 is 1.93 bits per heavy atom. The minimum absolute atomic E-state index is 0.00875. The SMILES string of the molecule is CCCOc1ccc(C2/C(=C(/O)c3ccc4c(c3)CC(C)O4)C(=O)C(=O)N2c2nc(C)c(C(=O)OC)s2)cc1OCC. The quantitative estimate of drug-likeness (QED) is 0.151. The molecule has 0 aliphatic carbocycles. The summed E-state index contributed by atoms with van der Waals surface area (Å²) >= 11 is 0.939. The highest BCUT2D eigenvalue weighted by molar-refractivity contribution is 7.17. The summed E-state index contributed by atoms with van der Waals surface area (Å²) in [4.78, 5) is 45.6. The number of fused-ring (bicyclic) bond motifs is 1. The number of methoxy groups -OCH3 is 1. The van der Waals surface area contributed by atoms with Crippen LogP contribution in [0, 0.1) is 6.92 Å². The summed E-state index contributed by atoms with van der Waals surface area (Å²) in [6.07, 6.45) is 1.44. The summed E-state index contributed by atoms with van der Waals surface area (Å²) < 4.78 is 22.4. The van der Waals surface area contributed by atoms with Crippen LogP contribution in [0.4, 0.5) is 5.13 Å². The number of aliphatic hydroxyl groups is 1. The minimum atomic E-state index is -1.07. The molecule has 11 heteroatoms. The predicted molar refractivity (Wildman–Crippen MR) is 157 cm³/mol. The van der Waals surface area contributed by atoms with E-state index in [1.165, 1.54) is 12.0 Å². The first-order valence-electron chi connectivity index (χ1n) is 13.7. The van der Waals surface area contributed by atoms with E-state index in [1.807, 2.05) is 20.8 Å². The average Bonchev–Trinajstić information content (AvgIpc) is 3.63. The van der Waals surface area contributed by atoms with Crippen molar-refractivity contribution in [3.8, 4) is 17.2 Å². The molecule has 1 saturated heterocycles. The number of ether oxygens (including phenoxy) is 4. The van der Waals surface area contributed by atoms with Gasteiger partial charge in [0.25, 0.3) is 5.78 Å². The number of carbonyl (C=O) groups is 3. The lowest BCUT2D eigenvalue weighted by molar-refractivity contribution is -0.132. The van der Waals surface area contributed by atoms with E-state index < -0.39 is 23.7 Å². The van der Waals surface area contributed by atoms with Crippen molar-refractivity contribution in [3.63, 3.8) is 0 Å². The van der Waals surface area contributed by atoms with Crippen molar-refractivity contribution in [1.82, 2.24) is 4.98 Å². The molecule has 0 spiro atoms. The van der Waals surface area contributed by atoms with Crippen LogP contribution in [-0.4, -0.2) is 54.2 Å². The van der Waals surface area contributed by atoms with Crippen LogP contribution in [0.15, 0.2) is 42.0 Å². The third-order valence-corrected chi connectivity index (χ3v) is 8.16. The van der Waals surface area contributed by atoms with Gasteiger partial charge in [-0.25, -0.2) is 9.78 Å². The van der Waals surface area contributed by atoms with E-state index in [0.29, 0.717) is 53.7 Å². The zero-order valence-corrected chi connectivity index (χ0v) is 24.9. The monoisotopic (exact) mass is 592 g/mol. The largest absolute Gasteiger partial charge is 0.507 e. The van der Waals surface area contributed by atoms with Crippen LogP contribution in [0.2, 0.25) is 0 Å². The number of ketones is 1. The topological polar surface area (TPSA) is 124 Å². The number of rotatable bonds is 9. The molecule has 2 aliphatic heterocycles. The molecule has 2 aromatic carbocycles. The molecular formula is C31H32N2O8S. The number of thiazole rings is 1. The molecule has 5 rings (SSSR count). The smallest absolute Gasteiger partial charge is 0.350 e. The molecule has 10 nitrogen and oxygen atoms in total. The maximum absolute atomic E-state index is 13.7. The van der Waals surface area contributed by atoms with Gasteiger partial charge in [-0.2, -0.15) is 0 Å². The number of aliphatic hydroxyl groups excluding tert-OH is 1. The number of amides is 1. The molecule has 2 aliphatic rings. The maximum atomic E-state index is 13.7. The van der Waals surface area contributed by atoms with Crippen molar-refractivity contribution in [3.05, 3.63) is 69.2 Å². The van der Waals surface area contributed by atoms with E-state index >= 15 is 0 Å². The van der Waals surface area contributed by atoms with Crippen molar-refractivity contribution in [2.45, 2.75) is 52.7 Å². The lowest BCUT2D eigenvalue weighted by Gasteiger charge is -2.24. The lowest BCUT2D eigenvalue weighted by Crippen LogP contribution is -2.29. The van der Waals surface area contributed by atoms with E-state index in [0.717, 1.165) is 23.3 Å². The fraction of sp³-hybridized carbons (Fsp3) is 0.355. The summed E-state index contributed by atoms with van der Waals surface area (Å²) in [5.41, 5.74) is 2.02. The van der Waals surface area contributed by atoms with Gasteiger partial charge in [-0.15, -0.1) is 0 Å². The van der Waals surface area contributed by atoms with E-state index in [4.69, 9.17) is 18.9 Å². The number of aryl methyl sites for hydroxylation is 1. The number of aromatic nitrogens is 1. The number of hydrogen-bond acceptors (Lipinski definition) is 10. The summed E-state index contributed by atoms with van der Waals surface area (Å²) in [7, 11) is 1.26. The van der Waals surface area contributed by atoms with Gasteiger partial charge in [-0.3, -0.25) is 14.5 Å². The molecule has 2 unspecified atom stereocenters. The van der Waals surface area contributed by atoms with Crippen LogP contribution in [-0.2, 0) is 20.7 Å². The maximum Gasteiger partial charge on any atom is 0.350 e. The second-order valence-electron chi connectivity index (χ2n) is 10.0. The van der Waals surface area contributed by atoms with Crippen molar-refractivity contribution in [2.75, 3.05) is 25.2 Å². The molecule has 42 heavy (non-hydrogen) atoms. The van der Waals surface area contributed by atoms with Crippen molar-refractivity contribution in [1.29, 1.82) is 0 Å². The molecule has 2 atom stereocenters. The fourth-order valence-corrected chi connectivity index (χ4v) is 6.14. The number of benzene rings is 2. The predicted octanol–water partition coefficient (Wildman–Crippen LogP) is 5.38. The fourth-order valence-electron chi connectivity index (χ4n) is 5.13. The number of anilines is 1. The van der Waals surface area contributed by atoms with Crippen molar-refractivity contribution < 1.29 is 38.4 Å².